The van der Waals surface area contributed by atoms with E-state index in [1.807, 2.05) is 74.7 Å². The van der Waals surface area contributed by atoms with Crippen molar-refractivity contribution in [2.24, 2.45) is 5.92 Å². The van der Waals surface area contributed by atoms with Crippen molar-refractivity contribution in [1.82, 2.24) is 9.47 Å². The van der Waals surface area contributed by atoms with Gasteiger partial charge < -0.3 is 9.30 Å². The summed E-state index contributed by atoms with van der Waals surface area (Å²) in [6.45, 7) is 5.61. The minimum Gasteiger partial charge on any atom is -0.492 e. The van der Waals surface area contributed by atoms with Crippen LogP contribution >= 0.6 is 27.7 Å². The quantitative estimate of drug-likeness (QED) is 0.365. The fraction of sp³-hybridized carbons (Fsp3) is 0.250. The topological polar surface area (TPSA) is 51.5 Å². The number of rotatable bonds is 7. The molecule has 2 heterocycles. The second-order valence-corrected chi connectivity index (χ2v) is 9.70. The summed E-state index contributed by atoms with van der Waals surface area (Å²) < 4.78 is 8.93. The van der Waals surface area contributed by atoms with Crippen molar-refractivity contribution in [1.29, 1.82) is 0 Å². The van der Waals surface area contributed by atoms with Crippen molar-refractivity contribution >= 4 is 55.8 Å². The number of amides is 2. The Kier molecular flexibility index (Phi) is 6.53. The van der Waals surface area contributed by atoms with Gasteiger partial charge in [0.15, 0.2) is 0 Å². The molecule has 7 heteroatoms. The molecule has 0 aliphatic carbocycles. The van der Waals surface area contributed by atoms with Crippen LogP contribution in [0.25, 0.3) is 17.0 Å². The second-order valence-electron chi connectivity index (χ2n) is 7.79. The highest BCUT2D eigenvalue weighted by Crippen LogP contribution is 2.35. The van der Waals surface area contributed by atoms with Gasteiger partial charge in [0.1, 0.15) is 12.4 Å². The van der Waals surface area contributed by atoms with Gasteiger partial charge in [-0.1, -0.05) is 48.0 Å². The highest BCUT2D eigenvalue weighted by atomic mass is 79.9. The highest BCUT2D eigenvalue weighted by molar-refractivity contribution is 9.10. The number of carbonyl (C=O) groups is 2. The maximum Gasteiger partial charge on any atom is 0.293 e. The van der Waals surface area contributed by atoms with Crippen LogP contribution in [0.3, 0.4) is 0 Å². The van der Waals surface area contributed by atoms with E-state index in [0.717, 1.165) is 38.5 Å². The Hall–Kier alpha value is -2.51. The number of para-hydroxylation sites is 1. The van der Waals surface area contributed by atoms with E-state index >= 15 is 0 Å². The maximum absolute atomic E-state index is 12.8. The smallest absolute Gasteiger partial charge is 0.293 e. The van der Waals surface area contributed by atoms with Gasteiger partial charge in [0.25, 0.3) is 11.1 Å². The molecule has 1 aromatic heterocycles. The number of aromatic nitrogens is 1. The van der Waals surface area contributed by atoms with Crippen molar-refractivity contribution in [2.75, 3.05) is 13.2 Å². The maximum atomic E-state index is 12.8. The molecule has 0 radical (unpaired) electrons. The van der Waals surface area contributed by atoms with Gasteiger partial charge in [-0.15, -0.1) is 0 Å². The van der Waals surface area contributed by atoms with Crippen molar-refractivity contribution in [3.8, 4) is 5.75 Å². The van der Waals surface area contributed by atoms with Gasteiger partial charge in [0, 0.05) is 33.7 Å². The summed E-state index contributed by atoms with van der Waals surface area (Å²) in [5.74, 6) is 0.850. The molecule has 0 unspecified atom stereocenters. The predicted octanol–water partition coefficient (Wildman–Crippen LogP) is 6.18. The Morgan fingerprint density at radius 2 is 1.90 bits per heavy atom. The van der Waals surface area contributed by atoms with Crippen molar-refractivity contribution in [2.45, 2.75) is 20.4 Å². The fourth-order valence-electron chi connectivity index (χ4n) is 3.54. The Balaban J connectivity index is 1.61. The first-order chi connectivity index (χ1) is 14.9. The molecular weight excluding hydrogens is 476 g/mol. The molecule has 1 fully saturated rings. The number of benzene rings is 2. The average molecular weight is 499 g/mol. The van der Waals surface area contributed by atoms with Crippen molar-refractivity contribution in [3.05, 3.63) is 69.7 Å². The number of hydrogen-bond acceptors (Lipinski definition) is 4. The number of nitrogens with zero attached hydrogens (tertiary/aromatic N) is 2. The third kappa shape index (κ3) is 4.88. The number of hydrogen-bond donors (Lipinski definition) is 0. The predicted molar refractivity (Wildman–Crippen MR) is 129 cm³/mol. The molecule has 2 amide bonds. The lowest BCUT2D eigenvalue weighted by Crippen LogP contribution is -2.31. The van der Waals surface area contributed by atoms with Gasteiger partial charge in [0.05, 0.1) is 11.4 Å². The highest BCUT2D eigenvalue weighted by Gasteiger charge is 2.35. The summed E-state index contributed by atoms with van der Waals surface area (Å²) in [6.07, 6.45) is 3.84. The van der Waals surface area contributed by atoms with Gasteiger partial charge in [-0.3, -0.25) is 14.5 Å². The van der Waals surface area contributed by atoms with Gasteiger partial charge >= 0.3 is 0 Å². The van der Waals surface area contributed by atoms with E-state index in [-0.39, 0.29) is 17.1 Å². The molecule has 4 rings (SSSR count). The van der Waals surface area contributed by atoms with Crippen LogP contribution in [0.4, 0.5) is 4.79 Å². The van der Waals surface area contributed by atoms with Gasteiger partial charge in [-0.25, -0.2) is 0 Å². The van der Waals surface area contributed by atoms with Crippen LogP contribution in [0.15, 0.2) is 64.1 Å². The SMILES string of the molecule is CC(C)CN1C(=O)S/C(=C\c2cn(CCOc3ccccc3)c3ccc(Br)cc23)C1=O. The first-order valence-electron chi connectivity index (χ1n) is 10.1. The van der Waals surface area contributed by atoms with E-state index < -0.39 is 0 Å². The van der Waals surface area contributed by atoms with Gasteiger partial charge in [-0.05, 0) is 54.1 Å². The largest absolute Gasteiger partial charge is 0.492 e. The molecule has 160 valence electrons. The zero-order valence-electron chi connectivity index (χ0n) is 17.4. The van der Waals surface area contributed by atoms with E-state index in [9.17, 15) is 9.59 Å². The van der Waals surface area contributed by atoms with Crippen molar-refractivity contribution in [3.63, 3.8) is 0 Å². The molecule has 1 aliphatic rings. The van der Waals surface area contributed by atoms with E-state index in [1.165, 1.54) is 4.90 Å². The molecule has 1 aliphatic heterocycles. The van der Waals surface area contributed by atoms with Crippen LogP contribution < -0.4 is 4.74 Å². The lowest BCUT2D eigenvalue weighted by molar-refractivity contribution is -0.123. The van der Waals surface area contributed by atoms with Crippen LogP contribution in [-0.4, -0.2) is 33.8 Å². The van der Waals surface area contributed by atoms with Crippen LogP contribution in [0.2, 0.25) is 0 Å². The Morgan fingerprint density at radius 1 is 1.13 bits per heavy atom. The average Bonchev–Trinajstić information content (AvgIpc) is 3.20. The number of imide groups is 1. The summed E-state index contributed by atoms with van der Waals surface area (Å²) in [7, 11) is 0. The van der Waals surface area contributed by atoms with Crippen molar-refractivity contribution < 1.29 is 14.3 Å². The standard InChI is InChI=1S/C24H23BrN2O3S/c1-16(2)14-27-23(28)22(31-24(27)29)12-17-15-26(21-9-8-18(25)13-20(17)21)10-11-30-19-6-4-3-5-7-19/h3-9,12-13,15-16H,10-11,14H2,1-2H3/b22-12-. The Bertz CT molecular complexity index is 1150. The summed E-state index contributed by atoms with van der Waals surface area (Å²) in [5, 5.41) is 0.816. The number of ether oxygens (including phenoxy) is 1. The number of carbonyl (C=O) groups excluding carboxylic acids is 2. The van der Waals surface area contributed by atoms with Crippen LogP contribution in [0.5, 0.6) is 5.75 Å². The van der Waals surface area contributed by atoms with E-state index in [0.29, 0.717) is 24.6 Å². The zero-order valence-corrected chi connectivity index (χ0v) is 19.8. The third-order valence-corrected chi connectivity index (χ3v) is 6.33. The number of thioether (sulfide) groups is 1. The summed E-state index contributed by atoms with van der Waals surface area (Å²) in [5.41, 5.74) is 1.96. The molecule has 0 spiro atoms. The molecule has 31 heavy (non-hydrogen) atoms. The van der Waals surface area contributed by atoms with Crippen LogP contribution in [-0.2, 0) is 11.3 Å². The third-order valence-electron chi connectivity index (χ3n) is 4.93. The lowest BCUT2D eigenvalue weighted by atomic mass is 10.1. The first-order valence-corrected chi connectivity index (χ1v) is 11.7. The fourth-order valence-corrected chi connectivity index (χ4v) is 4.74. The van der Waals surface area contributed by atoms with E-state index in [1.54, 1.807) is 0 Å². The summed E-state index contributed by atoms with van der Waals surface area (Å²) in [4.78, 5) is 26.9. The zero-order chi connectivity index (χ0) is 22.0. The molecule has 2 aromatic carbocycles. The van der Waals surface area contributed by atoms with E-state index in [2.05, 4.69) is 20.5 Å². The monoisotopic (exact) mass is 498 g/mol. The van der Waals surface area contributed by atoms with Gasteiger partial charge in [-0.2, -0.15) is 0 Å². The molecule has 0 N–H and O–H groups in total. The molecule has 0 bridgehead atoms. The van der Waals surface area contributed by atoms with Crippen LogP contribution in [0, 0.1) is 5.92 Å². The Morgan fingerprint density at radius 3 is 2.65 bits per heavy atom. The van der Waals surface area contributed by atoms with E-state index in [4.69, 9.17) is 4.74 Å². The number of fused-ring (bicyclic) bond motifs is 1. The second kappa shape index (κ2) is 9.32. The minimum absolute atomic E-state index is 0.203. The molecule has 0 saturated carbocycles. The molecular formula is C24H23BrN2O3S. The number of halogens is 1. The molecule has 1 saturated heterocycles. The molecule has 3 aromatic rings. The molecule has 0 atom stereocenters. The minimum atomic E-state index is -0.216. The van der Waals surface area contributed by atoms with Crippen LogP contribution in [0.1, 0.15) is 19.4 Å². The normalized spacial score (nSPS) is 15.6. The van der Waals surface area contributed by atoms with Gasteiger partial charge in [0.2, 0.25) is 0 Å². The first kappa shape index (κ1) is 21.7. The summed E-state index contributed by atoms with van der Waals surface area (Å²) in [6, 6.07) is 15.8. The Labute approximate surface area is 194 Å². The molecule has 5 nitrogen and oxygen atoms in total. The summed E-state index contributed by atoms with van der Waals surface area (Å²) >= 11 is 4.55. The lowest BCUT2D eigenvalue weighted by Gasteiger charge is -2.14.